The molecule has 1 N–H and O–H groups in total. The molecule has 3 nitrogen and oxygen atoms in total. The van der Waals surface area contributed by atoms with Gasteiger partial charge >= 0.3 is 5.97 Å². The maximum Gasteiger partial charge on any atom is 0.328 e. The summed E-state index contributed by atoms with van der Waals surface area (Å²) >= 11 is 0. The summed E-state index contributed by atoms with van der Waals surface area (Å²) in [6.45, 7) is 4.17. The van der Waals surface area contributed by atoms with E-state index in [0.717, 1.165) is 11.6 Å². The maximum absolute atomic E-state index is 10.3. The zero-order valence-electron chi connectivity index (χ0n) is 8.27. The minimum absolute atomic E-state index is 0.426. The molecular formula is C11H13NO2. The first-order valence-electron chi connectivity index (χ1n) is 4.46. The van der Waals surface area contributed by atoms with Crippen LogP contribution in [0.3, 0.4) is 0 Å². The lowest BCUT2D eigenvalue weighted by Gasteiger charge is -2.04. The molecular weight excluding hydrogens is 178 g/mol. The molecule has 0 aliphatic heterocycles. The Morgan fingerprint density at radius 3 is 2.86 bits per heavy atom. The predicted octanol–water partition coefficient (Wildman–Crippen LogP) is 2.30. The number of pyridine rings is 1. The van der Waals surface area contributed by atoms with Gasteiger partial charge in [0.1, 0.15) is 0 Å². The van der Waals surface area contributed by atoms with Crippen LogP contribution in [0.1, 0.15) is 31.0 Å². The second-order valence-corrected chi connectivity index (χ2v) is 3.34. The van der Waals surface area contributed by atoms with Crippen LogP contribution in [0.15, 0.2) is 24.4 Å². The van der Waals surface area contributed by atoms with Crippen molar-refractivity contribution < 1.29 is 9.90 Å². The number of hydrogen-bond acceptors (Lipinski definition) is 2. The molecule has 0 saturated carbocycles. The topological polar surface area (TPSA) is 50.2 Å². The Bertz CT molecular complexity index is 356. The van der Waals surface area contributed by atoms with Crippen molar-refractivity contribution in [3.8, 4) is 0 Å². The first kappa shape index (κ1) is 10.4. The Hall–Kier alpha value is -1.64. The molecule has 74 valence electrons. The SMILES string of the molecule is CC(C)c1ccnc(/C=C/C(=O)O)c1. The van der Waals surface area contributed by atoms with Crippen LogP contribution in [-0.4, -0.2) is 16.1 Å². The van der Waals surface area contributed by atoms with Crippen LogP contribution < -0.4 is 0 Å². The molecule has 1 rings (SSSR count). The fourth-order valence-electron chi connectivity index (χ4n) is 1.07. The molecule has 0 fully saturated rings. The maximum atomic E-state index is 10.3. The van der Waals surface area contributed by atoms with E-state index >= 15 is 0 Å². The number of carbonyl (C=O) groups is 1. The van der Waals surface area contributed by atoms with E-state index in [9.17, 15) is 4.79 Å². The number of aliphatic carboxylic acids is 1. The van der Waals surface area contributed by atoms with Crippen molar-refractivity contribution in [1.82, 2.24) is 4.98 Å². The van der Waals surface area contributed by atoms with Gasteiger partial charge in [-0.2, -0.15) is 0 Å². The van der Waals surface area contributed by atoms with Gasteiger partial charge < -0.3 is 5.11 Å². The molecule has 3 heteroatoms. The fraction of sp³-hybridized carbons (Fsp3) is 0.273. The van der Waals surface area contributed by atoms with Crippen LogP contribution in [0.5, 0.6) is 0 Å². The highest BCUT2D eigenvalue weighted by Crippen LogP contribution is 2.14. The number of rotatable bonds is 3. The standard InChI is InChI=1S/C11H13NO2/c1-8(2)9-5-6-12-10(7-9)3-4-11(13)14/h3-8H,1-2H3,(H,13,14)/b4-3+. The number of hydrogen-bond donors (Lipinski definition) is 1. The van der Waals surface area contributed by atoms with E-state index < -0.39 is 5.97 Å². The van der Waals surface area contributed by atoms with E-state index in [1.165, 1.54) is 6.08 Å². The predicted molar refractivity (Wildman–Crippen MR) is 55.0 cm³/mol. The number of carboxylic acid groups (broad SMARTS) is 1. The number of nitrogens with zero attached hydrogens (tertiary/aromatic N) is 1. The first-order valence-corrected chi connectivity index (χ1v) is 4.46. The Labute approximate surface area is 83.1 Å². The Kier molecular flexibility index (Phi) is 3.40. The highest BCUT2D eigenvalue weighted by Gasteiger charge is 1.99. The Morgan fingerprint density at radius 1 is 1.57 bits per heavy atom. The third-order valence-electron chi connectivity index (χ3n) is 1.87. The van der Waals surface area contributed by atoms with Crippen LogP contribution in [0.4, 0.5) is 0 Å². The monoisotopic (exact) mass is 191 g/mol. The van der Waals surface area contributed by atoms with E-state index in [4.69, 9.17) is 5.11 Å². The van der Waals surface area contributed by atoms with E-state index in [1.54, 1.807) is 6.20 Å². The third kappa shape index (κ3) is 3.01. The highest BCUT2D eigenvalue weighted by molar-refractivity contribution is 5.84. The van der Waals surface area contributed by atoms with Crippen LogP contribution in [0.2, 0.25) is 0 Å². The lowest BCUT2D eigenvalue weighted by atomic mass is 10.0. The molecule has 1 aromatic rings. The average Bonchev–Trinajstić information content (AvgIpc) is 2.15. The smallest absolute Gasteiger partial charge is 0.328 e. The second kappa shape index (κ2) is 4.56. The van der Waals surface area contributed by atoms with Crippen molar-refractivity contribution in [2.24, 2.45) is 0 Å². The number of carboxylic acids is 1. The van der Waals surface area contributed by atoms with Gasteiger partial charge in [0.25, 0.3) is 0 Å². The normalized spacial score (nSPS) is 11.1. The van der Waals surface area contributed by atoms with Gasteiger partial charge in [-0.25, -0.2) is 4.79 Å². The third-order valence-corrected chi connectivity index (χ3v) is 1.87. The molecule has 14 heavy (non-hydrogen) atoms. The number of aromatic nitrogens is 1. The van der Waals surface area contributed by atoms with Crippen molar-refractivity contribution >= 4 is 12.0 Å². The van der Waals surface area contributed by atoms with Crippen LogP contribution in [0, 0.1) is 0 Å². The summed E-state index contributed by atoms with van der Waals surface area (Å²) < 4.78 is 0. The summed E-state index contributed by atoms with van der Waals surface area (Å²) in [4.78, 5) is 14.3. The van der Waals surface area contributed by atoms with Crippen molar-refractivity contribution in [2.45, 2.75) is 19.8 Å². The molecule has 0 unspecified atom stereocenters. The zero-order valence-corrected chi connectivity index (χ0v) is 8.27. The zero-order chi connectivity index (χ0) is 10.6. The molecule has 1 aromatic heterocycles. The van der Waals surface area contributed by atoms with Crippen LogP contribution in [-0.2, 0) is 4.79 Å². The lowest BCUT2D eigenvalue weighted by molar-refractivity contribution is -0.131. The van der Waals surface area contributed by atoms with Gasteiger partial charge in [-0.05, 0) is 29.7 Å². The molecule has 0 spiro atoms. The fourth-order valence-corrected chi connectivity index (χ4v) is 1.07. The van der Waals surface area contributed by atoms with Crippen LogP contribution in [0.25, 0.3) is 6.08 Å². The average molecular weight is 191 g/mol. The summed E-state index contributed by atoms with van der Waals surface area (Å²) in [6, 6.07) is 3.83. The van der Waals surface area contributed by atoms with Gasteiger partial charge in [0.05, 0.1) is 5.69 Å². The van der Waals surface area contributed by atoms with Crippen molar-refractivity contribution in [1.29, 1.82) is 0 Å². The van der Waals surface area contributed by atoms with Gasteiger partial charge in [-0.3, -0.25) is 4.98 Å². The van der Waals surface area contributed by atoms with E-state index in [2.05, 4.69) is 18.8 Å². The van der Waals surface area contributed by atoms with Gasteiger partial charge in [-0.15, -0.1) is 0 Å². The molecule has 0 saturated heterocycles. The summed E-state index contributed by atoms with van der Waals surface area (Å²) in [5.41, 5.74) is 1.84. The molecule has 0 aliphatic rings. The molecule has 1 heterocycles. The van der Waals surface area contributed by atoms with Crippen molar-refractivity contribution in [3.05, 3.63) is 35.7 Å². The van der Waals surface area contributed by atoms with E-state index in [-0.39, 0.29) is 0 Å². The van der Waals surface area contributed by atoms with Gasteiger partial charge in [-0.1, -0.05) is 13.8 Å². The molecule has 0 radical (unpaired) electrons. The second-order valence-electron chi connectivity index (χ2n) is 3.34. The largest absolute Gasteiger partial charge is 0.478 e. The van der Waals surface area contributed by atoms with E-state index in [1.807, 2.05) is 12.1 Å². The summed E-state index contributed by atoms with van der Waals surface area (Å²) in [7, 11) is 0. The van der Waals surface area contributed by atoms with Crippen molar-refractivity contribution in [3.63, 3.8) is 0 Å². The quantitative estimate of drug-likeness (QED) is 0.746. The molecule has 0 aromatic carbocycles. The Balaban J connectivity index is 2.89. The summed E-state index contributed by atoms with van der Waals surface area (Å²) in [6.07, 6.45) is 4.28. The highest BCUT2D eigenvalue weighted by atomic mass is 16.4. The Morgan fingerprint density at radius 2 is 2.29 bits per heavy atom. The van der Waals surface area contributed by atoms with Crippen LogP contribution >= 0.6 is 0 Å². The summed E-state index contributed by atoms with van der Waals surface area (Å²) in [5, 5.41) is 8.44. The first-order chi connectivity index (χ1) is 6.59. The van der Waals surface area contributed by atoms with Gasteiger partial charge in [0.15, 0.2) is 0 Å². The van der Waals surface area contributed by atoms with Crippen molar-refractivity contribution in [2.75, 3.05) is 0 Å². The molecule has 0 aliphatic carbocycles. The lowest BCUT2D eigenvalue weighted by Crippen LogP contribution is -1.91. The minimum Gasteiger partial charge on any atom is -0.478 e. The van der Waals surface area contributed by atoms with Gasteiger partial charge in [0.2, 0.25) is 0 Å². The van der Waals surface area contributed by atoms with E-state index in [0.29, 0.717) is 11.6 Å². The summed E-state index contributed by atoms with van der Waals surface area (Å²) in [5.74, 6) is -0.531. The molecule has 0 atom stereocenters. The molecule has 0 bridgehead atoms. The minimum atomic E-state index is -0.957. The molecule has 0 amide bonds. The van der Waals surface area contributed by atoms with Gasteiger partial charge in [0, 0.05) is 12.3 Å².